The van der Waals surface area contributed by atoms with Crippen LogP contribution in [0.15, 0.2) is 29.2 Å². The molecule has 0 saturated heterocycles. The number of primary amides is 2. The molecule has 6 N–H and O–H groups in total. The topological polar surface area (TPSA) is 127 Å². The summed E-state index contributed by atoms with van der Waals surface area (Å²) in [5.41, 5.74) is 10.9. The van der Waals surface area contributed by atoms with Gasteiger partial charge in [-0.25, -0.2) is 4.79 Å². The van der Waals surface area contributed by atoms with E-state index in [1.807, 2.05) is 24.3 Å². The van der Waals surface area contributed by atoms with Gasteiger partial charge in [-0.05, 0) is 30.4 Å². The van der Waals surface area contributed by atoms with Crippen LogP contribution in [-0.4, -0.2) is 29.6 Å². The van der Waals surface area contributed by atoms with Gasteiger partial charge >= 0.3 is 6.03 Å². The Balaban J connectivity index is 2.63. The average Bonchev–Trinajstić information content (AvgIpc) is 2.45. The minimum atomic E-state index is -1.53. The Morgan fingerprint density at radius 3 is 2.09 bits per heavy atom. The predicted octanol–water partition coefficient (Wildman–Crippen LogP) is 0.498. The maximum Gasteiger partial charge on any atom is 0.316 e. The summed E-state index contributed by atoms with van der Waals surface area (Å²) in [6.45, 7) is 3.85. The number of nitrogens with two attached hydrogens (primary N) is 2. The summed E-state index contributed by atoms with van der Waals surface area (Å²) in [5.74, 6) is -1.02. The van der Waals surface area contributed by atoms with Crippen LogP contribution in [0, 0.1) is 0 Å². The fraction of sp³-hybridized carbons (Fsp3) is 0.357. The third kappa shape index (κ3) is 5.28. The molecule has 1 atom stereocenters. The van der Waals surface area contributed by atoms with Gasteiger partial charge in [-0.3, -0.25) is 9.59 Å². The van der Waals surface area contributed by atoms with Crippen LogP contribution >= 0.6 is 11.8 Å². The van der Waals surface area contributed by atoms with Crippen molar-refractivity contribution >= 4 is 29.6 Å². The number of carbonyl (C=O) groups excluding carboxylic acids is 3. The molecule has 7 nitrogen and oxygen atoms in total. The second-order valence-corrected chi connectivity index (χ2v) is 5.92. The Bertz CT molecular complexity index is 534. The molecule has 0 heterocycles. The highest BCUT2D eigenvalue weighted by molar-refractivity contribution is 7.99. The second kappa shape index (κ2) is 8.28. The van der Waals surface area contributed by atoms with Crippen molar-refractivity contribution in [1.82, 2.24) is 10.6 Å². The normalized spacial score (nSPS) is 11.8. The maximum atomic E-state index is 11.8. The van der Waals surface area contributed by atoms with Crippen LogP contribution in [0.4, 0.5) is 4.79 Å². The van der Waals surface area contributed by atoms with Crippen LogP contribution in [0.1, 0.15) is 25.5 Å². The molecule has 0 aliphatic heterocycles. The third-order valence-corrected chi connectivity index (χ3v) is 3.78. The lowest BCUT2D eigenvalue weighted by Crippen LogP contribution is -2.55. The van der Waals surface area contributed by atoms with Gasteiger partial charge in [0.15, 0.2) is 6.04 Å². The van der Waals surface area contributed by atoms with Crippen LogP contribution in [0.3, 0.4) is 0 Å². The van der Waals surface area contributed by atoms with Crippen LogP contribution in [-0.2, 0) is 9.59 Å². The quantitative estimate of drug-likeness (QED) is 0.430. The smallest absolute Gasteiger partial charge is 0.316 e. The zero-order chi connectivity index (χ0) is 16.7. The highest BCUT2D eigenvalue weighted by Crippen LogP contribution is 2.20. The van der Waals surface area contributed by atoms with E-state index in [4.69, 9.17) is 11.5 Å². The van der Waals surface area contributed by atoms with E-state index in [1.165, 1.54) is 0 Å². The molecule has 0 aliphatic rings. The van der Waals surface area contributed by atoms with Crippen molar-refractivity contribution in [3.05, 3.63) is 29.8 Å². The summed E-state index contributed by atoms with van der Waals surface area (Å²) >= 11 is 1.72. The predicted molar refractivity (Wildman–Crippen MR) is 85.1 cm³/mol. The summed E-state index contributed by atoms with van der Waals surface area (Å²) in [6.07, 6.45) is 0. The summed E-state index contributed by atoms with van der Waals surface area (Å²) < 4.78 is 0. The molecular weight excluding hydrogens is 304 g/mol. The van der Waals surface area contributed by atoms with E-state index >= 15 is 0 Å². The van der Waals surface area contributed by atoms with E-state index in [0.717, 1.165) is 16.2 Å². The molecule has 1 aromatic rings. The van der Waals surface area contributed by atoms with Gasteiger partial charge in [0.25, 0.3) is 0 Å². The highest BCUT2D eigenvalue weighted by atomic mass is 32.2. The van der Waals surface area contributed by atoms with Crippen LogP contribution in [0.25, 0.3) is 0 Å². The van der Waals surface area contributed by atoms with Crippen LogP contribution in [0.2, 0.25) is 0 Å². The second-order valence-electron chi connectivity index (χ2n) is 4.58. The molecule has 1 aromatic carbocycles. The van der Waals surface area contributed by atoms with Gasteiger partial charge in [0.05, 0.1) is 6.04 Å². The third-order valence-electron chi connectivity index (χ3n) is 2.88. The zero-order valence-corrected chi connectivity index (χ0v) is 13.3. The molecule has 0 aromatic heterocycles. The number of rotatable bonds is 7. The number of urea groups is 1. The van der Waals surface area contributed by atoms with Gasteiger partial charge in [-0.2, -0.15) is 0 Å². The van der Waals surface area contributed by atoms with E-state index in [1.54, 1.807) is 18.7 Å². The van der Waals surface area contributed by atoms with Crippen molar-refractivity contribution in [3.63, 3.8) is 0 Å². The Morgan fingerprint density at radius 1 is 1.09 bits per heavy atom. The molecular formula is C14H20N4O3S. The van der Waals surface area contributed by atoms with E-state index < -0.39 is 23.9 Å². The molecule has 120 valence electrons. The molecule has 0 radical (unpaired) electrons. The first-order valence-corrected chi connectivity index (χ1v) is 7.72. The van der Waals surface area contributed by atoms with Gasteiger partial charge in [-0.1, -0.05) is 19.1 Å². The summed E-state index contributed by atoms with van der Waals surface area (Å²) in [6, 6.07) is 5.22. The van der Waals surface area contributed by atoms with E-state index in [2.05, 4.69) is 17.6 Å². The molecule has 8 heteroatoms. The van der Waals surface area contributed by atoms with Crippen molar-refractivity contribution in [2.75, 3.05) is 5.75 Å². The number of nitrogens with one attached hydrogen (secondary N) is 2. The lowest BCUT2D eigenvalue weighted by molar-refractivity contribution is -0.128. The molecule has 1 rings (SSSR count). The summed E-state index contributed by atoms with van der Waals surface area (Å²) in [4.78, 5) is 34.9. The number of carbonyl (C=O) groups is 3. The first kappa shape index (κ1) is 17.8. The van der Waals surface area contributed by atoms with Gasteiger partial charge in [0, 0.05) is 4.90 Å². The highest BCUT2D eigenvalue weighted by Gasteiger charge is 2.24. The molecule has 0 bridgehead atoms. The van der Waals surface area contributed by atoms with Crippen LogP contribution in [0.5, 0.6) is 0 Å². The van der Waals surface area contributed by atoms with Crippen molar-refractivity contribution in [1.29, 1.82) is 0 Å². The minimum absolute atomic E-state index is 0.304. The number of amides is 4. The Hall–Kier alpha value is -2.22. The van der Waals surface area contributed by atoms with Crippen molar-refractivity contribution in [2.24, 2.45) is 11.5 Å². The SMILES string of the molecule is CCSc1ccc(C(C)NC(=O)NC(C(N)=O)C(N)=O)cc1. The lowest BCUT2D eigenvalue weighted by Gasteiger charge is -2.17. The number of thioether (sulfide) groups is 1. The van der Waals surface area contributed by atoms with Crippen molar-refractivity contribution in [2.45, 2.75) is 30.8 Å². The van der Waals surface area contributed by atoms with Crippen molar-refractivity contribution < 1.29 is 14.4 Å². The minimum Gasteiger partial charge on any atom is -0.367 e. The molecule has 22 heavy (non-hydrogen) atoms. The van der Waals surface area contributed by atoms with Crippen molar-refractivity contribution in [3.8, 4) is 0 Å². The van der Waals surface area contributed by atoms with E-state index in [-0.39, 0.29) is 6.04 Å². The molecule has 0 aliphatic carbocycles. The fourth-order valence-electron chi connectivity index (χ4n) is 1.75. The molecule has 0 spiro atoms. The Labute approximate surface area is 133 Å². The Kier molecular flexibility index (Phi) is 6.71. The zero-order valence-electron chi connectivity index (χ0n) is 12.5. The summed E-state index contributed by atoms with van der Waals surface area (Å²) in [5, 5.41) is 4.76. The molecule has 0 saturated carbocycles. The van der Waals surface area contributed by atoms with Gasteiger partial charge in [0.1, 0.15) is 0 Å². The first-order valence-electron chi connectivity index (χ1n) is 6.73. The van der Waals surface area contributed by atoms with Gasteiger partial charge in [0.2, 0.25) is 11.8 Å². The average molecular weight is 324 g/mol. The first-order chi connectivity index (χ1) is 10.3. The number of hydrogen-bond donors (Lipinski definition) is 4. The monoisotopic (exact) mass is 324 g/mol. The molecule has 0 fully saturated rings. The Morgan fingerprint density at radius 2 is 1.64 bits per heavy atom. The van der Waals surface area contributed by atoms with Crippen LogP contribution < -0.4 is 22.1 Å². The molecule has 4 amide bonds. The standard InChI is InChI=1S/C14H20N4O3S/c1-3-22-10-6-4-9(5-7-10)8(2)17-14(21)18-11(12(15)19)13(16)20/h4-8,11H,3H2,1-2H3,(H2,15,19)(H2,16,20)(H2,17,18,21). The largest absolute Gasteiger partial charge is 0.367 e. The maximum absolute atomic E-state index is 11.8. The summed E-state index contributed by atoms with van der Waals surface area (Å²) in [7, 11) is 0. The van der Waals surface area contributed by atoms with E-state index in [0.29, 0.717) is 0 Å². The van der Waals surface area contributed by atoms with E-state index in [9.17, 15) is 14.4 Å². The molecule has 1 unspecified atom stereocenters. The fourth-order valence-corrected chi connectivity index (χ4v) is 2.42. The lowest BCUT2D eigenvalue weighted by atomic mass is 10.1. The number of benzene rings is 1. The number of hydrogen-bond acceptors (Lipinski definition) is 4. The van der Waals surface area contributed by atoms with Gasteiger partial charge in [-0.15, -0.1) is 11.8 Å². The van der Waals surface area contributed by atoms with Gasteiger partial charge < -0.3 is 22.1 Å².